The van der Waals surface area contributed by atoms with E-state index >= 15 is 0 Å². The Labute approximate surface area is 183 Å². The number of hydrogen-bond acceptors (Lipinski definition) is 5. The highest BCUT2D eigenvalue weighted by atomic mass is 19.1. The Morgan fingerprint density at radius 1 is 1.12 bits per heavy atom. The zero-order valence-corrected chi connectivity index (χ0v) is 17.2. The quantitative estimate of drug-likeness (QED) is 0.582. The molecule has 1 aliphatic heterocycles. The number of hydrogen-bond donors (Lipinski definition) is 2. The first-order chi connectivity index (χ1) is 15.4. The number of rotatable bonds is 6. The number of carbonyl (C=O) groups is 3. The lowest BCUT2D eigenvalue weighted by molar-refractivity contribution is -0.118. The van der Waals surface area contributed by atoms with Crippen LogP contribution in [0.15, 0.2) is 60.8 Å². The predicted molar refractivity (Wildman–Crippen MR) is 115 cm³/mol. The maximum absolute atomic E-state index is 13.5. The fraction of sp³-hybridized carbons (Fsp3) is 0.167. The minimum Gasteiger partial charge on any atom is -0.481 e. The molecule has 2 heterocycles. The molecule has 1 aromatic heterocycles. The number of ketones is 1. The average molecular weight is 433 g/mol. The third-order valence-electron chi connectivity index (χ3n) is 5.23. The van der Waals surface area contributed by atoms with E-state index < -0.39 is 23.4 Å². The van der Waals surface area contributed by atoms with E-state index in [1.54, 1.807) is 30.5 Å². The lowest BCUT2D eigenvalue weighted by Crippen LogP contribution is -2.37. The third-order valence-corrected chi connectivity index (χ3v) is 5.23. The Bertz CT molecular complexity index is 1210. The van der Waals surface area contributed by atoms with Crippen LogP contribution >= 0.6 is 0 Å². The molecule has 7 nitrogen and oxygen atoms in total. The molecule has 0 bridgehead atoms. The molecule has 0 aliphatic carbocycles. The van der Waals surface area contributed by atoms with Gasteiger partial charge in [0.15, 0.2) is 5.78 Å². The van der Waals surface area contributed by atoms with E-state index in [1.165, 1.54) is 37.4 Å². The van der Waals surface area contributed by atoms with Crippen molar-refractivity contribution in [2.45, 2.75) is 13.0 Å². The molecule has 32 heavy (non-hydrogen) atoms. The second kappa shape index (κ2) is 8.97. The number of halogens is 1. The van der Waals surface area contributed by atoms with Crippen LogP contribution < -0.4 is 15.4 Å². The summed E-state index contributed by atoms with van der Waals surface area (Å²) in [5.74, 6) is -2.20. The largest absolute Gasteiger partial charge is 0.481 e. The first-order valence-corrected chi connectivity index (χ1v) is 9.95. The van der Waals surface area contributed by atoms with E-state index in [0.29, 0.717) is 22.7 Å². The van der Waals surface area contributed by atoms with Gasteiger partial charge in [0.05, 0.1) is 12.8 Å². The maximum atomic E-state index is 13.5. The van der Waals surface area contributed by atoms with E-state index in [4.69, 9.17) is 4.74 Å². The number of aromatic nitrogens is 1. The van der Waals surface area contributed by atoms with E-state index in [9.17, 15) is 18.8 Å². The number of carbonyl (C=O) groups excluding carboxylic acids is 3. The van der Waals surface area contributed by atoms with Crippen LogP contribution in [-0.2, 0) is 17.8 Å². The Morgan fingerprint density at radius 2 is 1.97 bits per heavy atom. The molecular formula is C24H20FN3O4. The topological polar surface area (TPSA) is 97.4 Å². The van der Waals surface area contributed by atoms with Crippen LogP contribution in [0.4, 0.5) is 10.1 Å². The summed E-state index contributed by atoms with van der Waals surface area (Å²) in [6.45, 7) is 0.252. The van der Waals surface area contributed by atoms with Gasteiger partial charge in [-0.15, -0.1) is 0 Å². The fourth-order valence-electron chi connectivity index (χ4n) is 3.57. The molecule has 0 fully saturated rings. The second-order valence-electron chi connectivity index (χ2n) is 7.39. The molecule has 1 unspecified atom stereocenters. The fourth-order valence-corrected chi connectivity index (χ4v) is 3.57. The van der Waals surface area contributed by atoms with Crippen LogP contribution in [0.2, 0.25) is 0 Å². The first kappa shape index (κ1) is 21.2. The van der Waals surface area contributed by atoms with Crippen LogP contribution in [0, 0.1) is 11.7 Å². The zero-order valence-electron chi connectivity index (χ0n) is 17.2. The molecular weight excluding hydrogens is 413 g/mol. The van der Waals surface area contributed by atoms with Gasteiger partial charge < -0.3 is 15.4 Å². The number of ether oxygens (including phenoxy) is 1. The van der Waals surface area contributed by atoms with Crippen molar-refractivity contribution in [3.63, 3.8) is 0 Å². The maximum Gasteiger partial charge on any atom is 0.251 e. The lowest BCUT2D eigenvalue weighted by Gasteiger charge is -2.24. The van der Waals surface area contributed by atoms with Crippen molar-refractivity contribution in [1.29, 1.82) is 0 Å². The van der Waals surface area contributed by atoms with Crippen molar-refractivity contribution in [2.24, 2.45) is 5.92 Å². The Hall–Kier alpha value is -4.07. The number of benzene rings is 2. The number of anilines is 1. The Morgan fingerprint density at radius 3 is 2.75 bits per heavy atom. The molecule has 0 saturated heterocycles. The highest BCUT2D eigenvalue weighted by Crippen LogP contribution is 2.29. The summed E-state index contributed by atoms with van der Waals surface area (Å²) in [7, 11) is 1.51. The normalized spacial score (nSPS) is 15.0. The van der Waals surface area contributed by atoms with Crippen LogP contribution in [0.5, 0.6) is 5.88 Å². The summed E-state index contributed by atoms with van der Waals surface area (Å²) in [6.07, 6.45) is 1.65. The molecule has 4 rings (SSSR count). The summed E-state index contributed by atoms with van der Waals surface area (Å²) in [5, 5.41) is 5.50. The highest BCUT2D eigenvalue weighted by molar-refractivity contribution is 6.21. The average Bonchev–Trinajstić information content (AvgIpc) is 2.80. The summed E-state index contributed by atoms with van der Waals surface area (Å²) < 4.78 is 18.6. The van der Waals surface area contributed by atoms with E-state index in [-0.39, 0.29) is 24.4 Å². The molecule has 1 atom stereocenters. The number of pyridine rings is 1. The minimum absolute atomic E-state index is 0.0716. The van der Waals surface area contributed by atoms with Gasteiger partial charge in [0.1, 0.15) is 11.7 Å². The molecule has 0 spiro atoms. The zero-order chi connectivity index (χ0) is 22.7. The summed E-state index contributed by atoms with van der Waals surface area (Å²) >= 11 is 0. The van der Waals surface area contributed by atoms with Gasteiger partial charge in [-0.05, 0) is 53.9 Å². The van der Waals surface area contributed by atoms with Gasteiger partial charge in [-0.1, -0.05) is 12.1 Å². The number of fused-ring (bicyclic) bond motifs is 1. The second-order valence-corrected chi connectivity index (χ2v) is 7.39. The molecule has 8 heteroatoms. The number of amides is 2. The van der Waals surface area contributed by atoms with Crippen molar-refractivity contribution in [3.05, 3.63) is 88.9 Å². The summed E-state index contributed by atoms with van der Waals surface area (Å²) in [5.41, 5.74) is 2.25. The SMILES string of the molecule is COc1cc(CNC(=O)c2ccc3c(c2)C(=O)C(Cc2cccc(F)c2)C(=O)N3)ccn1. The van der Waals surface area contributed by atoms with Gasteiger partial charge >= 0.3 is 0 Å². The summed E-state index contributed by atoms with van der Waals surface area (Å²) in [6, 6.07) is 13.8. The van der Waals surface area contributed by atoms with Gasteiger partial charge in [-0.25, -0.2) is 9.37 Å². The van der Waals surface area contributed by atoms with Crippen LogP contribution in [-0.4, -0.2) is 29.7 Å². The van der Waals surface area contributed by atoms with Crippen molar-refractivity contribution in [1.82, 2.24) is 10.3 Å². The molecule has 3 aromatic rings. The van der Waals surface area contributed by atoms with Gasteiger partial charge in [-0.2, -0.15) is 0 Å². The molecule has 1 aliphatic rings. The van der Waals surface area contributed by atoms with E-state index in [2.05, 4.69) is 15.6 Å². The number of Topliss-reactive ketones (excluding diaryl/α,β-unsaturated/α-hetero) is 1. The van der Waals surface area contributed by atoms with Crippen molar-refractivity contribution in [3.8, 4) is 5.88 Å². The predicted octanol–water partition coefficient (Wildman–Crippen LogP) is 3.15. The van der Waals surface area contributed by atoms with Crippen LogP contribution in [0.3, 0.4) is 0 Å². The number of nitrogens with zero attached hydrogens (tertiary/aromatic N) is 1. The minimum atomic E-state index is -0.994. The van der Waals surface area contributed by atoms with Crippen molar-refractivity contribution < 1.29 is 23.5 Å². The molecule has 2 amide bonds. The van der Waals surface area contributed by atoms with Crippen molar-refractivity contribution in [2.75, 3.05) is 12.4 Å². The van der Waals surface area contributed by atoms with Crippen LogP contribution in [0.1, 0.15) is 31.8 Å². The highest BCUT2D eigenvalue weighted by Gasteiger charge is 2.34. The van der Waals surface area contributed by atoms with Gasteiger partial charge in [0, 0.05) is 29.9 Å². The van der Waals surface area contributed by atoms with Gasteiger partial charge in [0.2, 0.25) is 11.8 Å². The van der Waals surface area contributed by atoms with E-state index in [1.807, 2.05) is 0 Å². The molecule has 162 valence electrons. The van der Waals surface area contributed by atoms with Gasteiger partial charge in [0.25, 0.3) is 5.91 Å². The lowest BCUT2D eigenvalue weighted by atomic mass is 9.86. The standard InChI is InChI=1S/C24H20FN3O4/c1-32-21-11-15(7-8-26-21)13-27-23(30)16-5-6-20-18(12-16)22(29)19(24(31)28-20)10-14-3-2-4-17(25)9-14/h2-9,11-12,19H,10,13H2,1H3,(H,27,30)(H,28,31). The molecule has 2 aromatic carbocycles. The molecule has 0 saturated carbocycles. The summed E-state index contributed by atoms with van der Waals surface area (Å²) in [4.78, 5) is 42.2. The molecule has 2 N–H and O–H groups in total. The van der Waals surface area contributed by atoms with E-state index in [0.717, 1.165) is 5.56 Å². The number of methoxy groups -OCH3 is 1. The monoisotopic (exact) mass is 433 g/mol. The Kier molecular flexibility index (Phi) is 5.93. The number of nitrogens with one attached hydrogen (secondary N) is 2. The third kappa shape index (κ3) is 4.49. The Balaban J connectivity index is 1.50. The van der Waals surface area contributed by atoms with Crippen LogP contribution in [0.25, 0.3) is 0 Å². The smallest absolute Gasteiger partial charge is 0.251 e. The molecule has 0 radical (unpaired) electrons. The van der Waals surface area contributed by atoms with Crippen molar-refractivity contribution >= 4 is 23.3 Å². The first-order valence-electron chi connectivity index (χ1n) is 9.95. The van der Waals surface area contributed by atoms with Gasteiger partial charge in [-0.3, -0.25) is 14.4 Å².